The van der Waals surface area contributed by atoms with Crippen LogP contribution in [-0.4, -0.2) is 24.1 Å². The van der Waals surface area contributed by atoms with E-state index in [1.54, 1.807) is 0 Å². The molecule has 1 aromatic carbocycles. The van der Waals surface area contributed by atoms with Gasteiger partial charge in [-0.15, -0.1) is 0 Å². The average Bonchev–Trinajstić information content (AvgIpc) is 2.31. The Kier molecular flexibility index (Phi) is 6.14. The van der Waals surface area contributed by atoms with Crippen LogP contribution < -0.4 is 10.6 Å². The molecule has 0 heterocycles. The highest BCUT2D eigenvalue weighted by Crippen LogP contribution is 2.14. The van der Waals surface area contributed by atoms with Gasteiger partial charge in [0.1, 0.15) is 11.6 Å². The van der Waals surface area contributed by atoms with Gasteiger partial charge in [0.25, 0.3) is 0 Å². The van der Waals surface area contributed by atoms with E-state index in [4.69, 9.17) is 0 Å². The quantitative estimate of drug-likeness (QED) is 0.647. The van der Waals surface area contributed by atoms with Crippen molar-refractivity contribution >= 4 is 5.91 Å². The Balaban J connectivity index is 2.23. The third kappa shape index (κ3) is 5.63. The van der Waals surface area contributed by atoms with E-state index in [9.17, 15) is 14.3 Å². The van der Waals surface area contributed by atoms with E-state index in [1.165, 1.54) is 12.1 Å². The summed E-state index contributed by atoms with van der Waals surface area (Å²) in [5.41, 5.74) is 0.654. The highest BCUT2D eigenvalue weighted by Gasteiger charge is 2.01. The van der Waals surface area contributed by atoms with E-state index < -0.39 is 5.82 Å². The lowest BCUT2D eigenvalue weighted by Gasteiger charge is -2.06. The molecule has 0 unspecified atom stereocenters. The zero-order valence-corrected chi connectivity index (χ0v) is 10.5. The van der Waals surface area contributed by atoms with Gasteiger partial charge in [0.15, 0.2) is 0 Å². The minimum absolute atomic E-state index is 0.00596. The summed E-state index contributed by atoms with van der Waals surface area (Å²) in [6.07, 6.45) is 1.31. The molecule has 0 atom stereocenters. The van der Waals surface area contributed by atoms with E-state index in [0.717, 1.165) is 12.5 Å². The van der Waals surface area contributed by atoms with Crippen LogP contribution in [0.1, 0.15) is 25.3 Å². The molecule has 1 rings (SSSR count). The minimum Gasteiger partial charge on any atom is -0.508 e. The highest BCUT2D eigenvalue weighted by atomic mass is 19.1. The molecule has 100 valence electrons. The Labute approximate surface area is 106 Å². The molecule has 0 aliphatic heterocycles. The summed E-state index contributed by atoms with van der Waals surface area (Å²) < 4.78 is 13.0. The molecule has 3 N–H and O–H groups in total. The topological polar surface area (TPSA) is 61.4 Å². The monoisotopic (exact) mass is 254 g/mol. The van der Waals surface area contributed by atoms with Crippen LogP contribution in [0.5, 0.6) is 5.75 Å². The lowest BCUT2D eigenvalue weighted by atomic mass is 10.2. The number of hydrogen-bond acceptors (Lipinski definition) is 3. The Morgan fingerprint density at radius 2 is 2.11 bits per heavy atom. The molecule has 0 aromatic heterocycles. The van der Waals surface area contributed by atoms with Gasteiger partial charge in [-0.3, -0.25) is 4.79 Å². The molecule has 4 nitrogen and oxygen atoms in total. The van der Waals surface area contributed by atoms with E-state index in [1.807, 2.05) is 6.92 Å². The summed E-state index contributed by atoms with van der Waals surface area (Å²) in [6.45, 7) is 3.63. The number of nitrogens with one attached hydrogen (secondary N) is 2. The van der Waals surface area contributed by atoms with Crippen LogP contribution in [-0.2, 0) is 11.3 Å². The number of phenolic OH excluding ortho intramolecular Hbond substituents is 1. The number of carbonyl (C=O) groups is 1. The van der Waals surface area contributed by atoms with Gasteiger partial charge in [0.05, 0.1) is 0 Å². The Hall–Kier alpha value is -1.62. The van der Waals surface area contributed by atoms with Gasteiger partial charge in [0, 0.05) is 32.1 Å². The largest absolute Gasteiger partial charge is 0.508 e. The lowest BCUT2D eigenvalue weighted by Crippen LogP contribution is -2.28. The fourth-order valence-electron chi connectivity index (χ4n) is 1.52. The van der Waals surface area contributed by atoms with Crippen molar-refractivity contribution in [2.45, 2.75) is 26.3 Å². The summed E-state index contributed by atoms with van der Waals surface area (Å²) in [6, 6.07) is 3.90. The third-order valence-electron chi connectivity index (χ3n) is 2.37. The summed E-state index contributed by atoms with van der Waals surface area (Å²) in [7, 11) is 0. The number of hydrogen-bond donors (Lipinski definition) is 3. The highest BCUT2D eigenvalue weighted by molar-refractivity contribution is 5.75. The number of benzene rings is 1. The van der Waals surface area contributed by atoms with Crippen LogP contribution in [0.4, 0.5) is 4.39 Å². The molecule has 5 heteroatoms. The molecule has 0 fully saturated rings. The number of aromatic hydroxyl groups is 1. The first-order valence-electron chi connectivity index (χ1n) is 6.07. The molecule has 0 bridgehead atoms. The molecule has 0 radical (unpaired) electrons. The van der Waals surface area contributed by atoms with Crippen molar-refractivity contribution in [3.8, 4) is 5.75 Å². The SMILES string of the molecule is CCCNC(=O)CCNCc1cc(O)cc(F)c1. The summed E-state index contributed by atoms with van der Waals surface area (Å²) in [4.78, 5) is 11.3. The maximum absolute atomic E-state index is 13.0. The molecule has 0 saturated heterocycles. The van der Waals surface area contributed by atoms with E-state index in [2.05, 4.69) is 10.6 Å². The van der Waals surface area contributed by atoms with E-state index in [-0.39, 0.29) is 11.7 Å². The first-order valence-corrected chi connectivity index (χ1v) is 6.07. The predicted molar refractivity (Wildman–Crippen MR) is 67.7 cm³/mol. The second-order valence-electron chi connectivity index (χ2n) is 4.09. The van der Waals surface area contributed by atoms with Gasteiger partial charge in [-0.1, -0.05) is 6.92 Å². The first kappa shape index (κ1) is 14.4. The molecular weight excluding hydrogens is 235 g/mol. The summed E-state index contributed by atoms with van der Waals surface area (Å²) >= 11 is 0. The average molecular weight is 254 g/mol. The molecular formula is C13H19FN2O2. The van der Waals surface area contributed by atoms with Crippen LogP contribution in [0.25, 0.3) is 0 Å². The smallest absolute Gasteiger partial charge is 0.221 e. The Morgan fingerprint density at radius 1 is 1.33 bits per heavy atom. The number of phenols is 1. The third-order valence-corrected chi connectivity index (χ3v) is 2.37. The van der Waals surface area contributed by atoms with Crippen LogP contribution in [0.3, 0.4) is 0 Å². The zero-order chi connectivity index (χ0) is 13.4. The van der Waals surface area contributed by atoms with Gasteiger partial charge in [-0.25, -0.2) is 4.39 Å². The van der Waals surface area contributed by atoms with Crippen molar-refractivity contribution in [3.05, 3.63) is 29.6 Å². The Bertz CT molecular complexity index is 376. The molecule has 0 aliphatic rings. The molecule has 1 amide bonds. The number of halogens is 1. The lowest BCUT2D eigenvalue weighted by molar-refractivity contribution is -0.120. The van der Waals surface area contributed by atoms with Crippen molar-refractivity contribution in [2.24, 2.45) is 0 Å². The summed E-state index contributed by atoms with van der Waals surface area (Å²) in [5.74, 6) is -0.550. The molecule has 0 saturated carbocycles. The number of amides is 1. The minimum atomic E-state index is -0.465. The van der Waals surface area contributed by atoms with Crippen molar-refractivity contribution in [1.29, 1.82) is 0 Å². The van der Waals surface area contributed by atoms with E-state index >= 15 is 0 Å². The number of carbonyl (C=O) groups excluding carboxylic acids is 1. The van der Waals surface area contributed by atoms with Gasteiger partial charge in [-0.2, -0.15) is 0 Å². The van der Waals surface area contributed by atoms with Gasteiger partial charge in [0.2, 0.25) is 5.91 Å². The van der Waals surface area contributed by atoms with Crippen molar-refractivity contribution < 1.29 is 14.3 Å². The van der Waals surface area contributed by atoms with Crippen LogP contribution in [0.15, 0.2) is 18.2 Å². The van der Waals surface area contributed by atoms with Crippen molar-refractivity contribution in [1.82, 2.24) is 10.6 Å². The predicted octanol–water partition coefficient (Wildman–Crippen LogP) is 1.54. The van der Waals surface area contributed by atoms with Crippen molar-refractivity contribution in [2.75, 3.05) is 13.1 Å². The Morgan fingerprint density at radius 3 is 2.78 bits per heavy atom. The molecule has 0 spiro atoms. The van der Waals surface area contributed by atoms with Gasteiger partial charge in [-0.05, 0) is 24.1 Å². The van der Waals surface area contributed by atoms with Crippen LogP contribution in [0, 0.1) is 5.82 Å². The molecule has 1 aromatic rings. The first-order chi connectivity index (χ1) is 8.61. The second-order valence-corrected chi connectivity index (χ2v) is 4.09. The fourth-order valence-corrected chi connectivity index (χ4v) is 1.52. The van der Waals surface area contributed by atoms with E-state index in [0.29, 0.717) is 31.6 Å². The molecule has 0 aliphatic carbocycles. The number of rotatable bonds is 7. The standard InChI is InChI=1S/C13H19FN2O2/c1-2-4-16-13(18)3-5-15-9-10-6-11(14)8-12(17)7-10/h6-8,15,17H,2-5,9H2,1H3,(H,16,18). The van der Waals surface area contributed by atoms with Gasteiger partial charge >= 0.3 is 0 Å². The normalized spacial score (nSPS) is 10.3. The second kappa shape index (κ2) is 7.66. The molecule has 18 heavy (non-hydrogen) atoms. The fraction of sp³-hybridized carbons (Fsp3) is 0.462. The van der Waals surface area contributed by atoms with Crippen LogP contribution >= 0.6 is 0 Å². The van der Waals surface area contributed by atoms with Gasteiger partial charge < -0.3 is 15.7 Å². The van der Waals surface area contributed by atoms with Crippen molar-refractivity contribution in [3.63, 3.8) is 0 Å². The summed E-state index contributed by atoms with van der Waals surface area (Å²) in [5, 5.41) is 15.0. The maximum Gasteiger partial charge on any atom is 0.221 e. The van der Waals surface area contributed by atoms with Crippen LogP contribution in [0.2, 0.25) is 0 Å². The maximum atomic E-state index is 13.0. The zero-order valence-electron chi connectivity index (χ0n) is 10.5.